The molecule has 0 unspecified atom stereocenters. The molecule has 0 saturated carbocycles. The molecule has 1 heterocycles. The Balaban J connectivity index is 2.74. The van der Waals surface area contributed by atoms with Gasteiger partial charge in [-0.3, -0.25) is 0 Å². The van der Waals surface area contributed by atoms with E-state index >= 15 is 0 Å². The average Bonchev–Trinajstić information content (AvgIpc) is 2.68. The van der Waals surface area contributed by atoms with E-state index in [1.54, 1.807) is 31.4 Å². The minimum Gasteiger partial charge on any atom is -0.393 e. The molecular weight excluding hydrogens is 264 g/mol. The summed E-state index contributed by atoms with van der Waals surface area (Å²) in [7, 11) is -3.43. The molecule has 0 spiro atoms. The summed E-state index contributed by atoms with van der Waals surface area (Å²) in [6.45, 7) is 3.79. The molecule has 0 aliphatic heterocycles. The van der Waals surface area contributed by atoms with E-state index < -0.39 is 15.4 Å². The molecule has 0 radical (unpaired) electrons. The number of thiophene rings is 1. The van der Waals surface area contributed by atoms with Crippen LogP contribution in [0.1, 0.15) is 13.8 Å². The number of rotatable bonds is 5. The summed E-state index contributed by atoms with van der Waals surface area (Å²) in [5.74, 6) is 0. The van der Waals surface area contributed by atoms with Crippen molar-refractivity contribution in [3.05, 3.63) is 17.5 Å². The van der Waals surface area contributed by atoms with Gasteiger partial charge in [-0.2, -0.15) is 0 Å². The van der Waals surface area contributed by atoms with Crippen LogP contribution >= 0.6 is 23.6 Å². The lowest BCUT2D eigenvalue weighted by Crippen LogP contribution is -2.41. The highest BCUT2D eigenvalue weighted by Crippen LogP contribution is 2.18. The Hall–Kier alpha value is -0.500. The van der Waals surface area contributed by atoms with Crippen LogP contribution in [0.3, 0.4) is 0 Å². The zero-order valence-electron chi connectivity index (χ0n) is 9.06. The molecule has 0 aromatic carbocycles. The number of hydrogen-bond donors (Lipinski definition) is 2. The highest BCUT2D eigenvalue weighted by Gasteiger charge is 2.25. The van der Waals surface area contributed by atoms with E-state index in [4.69, 9.17) is 18.0 Å². The van der Waals surface area contributed by atoms with Gasteiger partial charge in [-0.1, -0.05) is 32.1 Å². The third kappa shape index (κ3) is 3.24. The standard InChI is InChI=1S/C9H14N2O2S3/c1-9(2,8(10)14)6-11-16(12,13)7-4-3-5-15-7/h3-5,11H,6H2,1-2H3,(H2,10,14). The molecule has 90 valence electrons. The lowest BCUT2D eigenvalue weighted by Gasteiger charge is -2.22. The number of nitrogens with two attached hydrogens (primary N) is 1. The minimum absolute atomic E-state index is 0.197. The van der Waals surface area contributed by atoms with Crippen molar-refractivity contribution >= 4 is 38.6 Å². The lowest BCUT2D eigenvalue weighted by atomic mass is 9.94. The van der Waals surface area contributed by atoms with Crippen molar-refractivity contribution in [1.82, 2.24) is 4.72 Å². The molecule has 0 fully saturated rings. The van der Waals surface area contributed by atoms with Crippen molar-refractivity contribution in [2.45, 2.75) is 18.1 Å². The highest BCUT2D eigenvalue weighted by atomic mass is 32.2. The Morgan fingerprint density at radius 3 is 2.69 bits per heavy atom. The van der Waals surface area contributed by atoms with E-state index in [-0.39, 0.29) is 6.54 Å². The van der Waals surface area contributed by atoms with E-state index in [1.807, 2.05) is 0 Å². The summed E-state index contributed by atoms with van der Waals surface area (Å²) in [6, 6.07) is 3.25. The Kier molecular flexibility index (Phi) is 4.06. The maximum Gasteiger partial charge on any atom is 0.250 e. The molecule has 0 amide bonds. The molecule has 16 heavy (non-hydrogen) atoms. The van der Waals surface area contributed by atoms with Crippen molar-refractivity contribution in [3.63, 3.8) is 0 Å². The molecule has 1 aromatic heterocycles. The second-order valence-electron chi connectivity index (χ2n) is 4.00. The Bertz CT molecular complexity index is 463. The first kappa shape index (κ1) is 13.6. The molecular formula is C9H14N2O2S3. The zero-order chi connectivity index (χ0) is 12.4. The quantitative estimate of drug-likeness (QED) is 0.797. The second kappa shape index (κ2) is 4.79. The maximum absolute atomic E-state index is 11.8. The number of sulfonamides is 1. The molecule has 3 N–H and O–H groups in total. The van der Waals surface area contributed by atoms with Crippen LogP contribution < -0.4 is 10.5 Å². The van der Waals surface area contributed by atoms with E-state index in [0.717, 1.165) is 0 Å². The third-order valence-electron chi connectivity index (χ3n) is 2.13. The van der Waals surface area contributed by atoms with E-state index in [9.17, 15) is 8.42 Å². The SMILES string of the molecule is CC(C)(CNS(=O)(=O)c1cccs1)C(N)=S. The van der Waals surface area contributed by atoms with E-state index in [2.05, 4.69) is 4.72 Å². The molecule has 1 rings (SSSR count). The minimum atomic E-state index is -3.43. The van der Waals surface area contributed by atoms with Crippen molar-refractivity contribution in [3.8, 4) is 0 Å². The summed E-state index contributed by atoms with van der Waals surface area (Å²) >= 11 is 6.04. The largest absolute Gasteiger partial charge is 0.393 e. The van der Waals surface area contributed by atoms with Crippen LogP contribution in [-0.2, 0) is 10.0 Å². The van der Waals surface area contributed by atoms with E-state index in [0.29, 0.717) is 9.20 Å². The predicted molar refractivity (Wildman–Crippen MR) is 70.1 cm³/mol. The summed E-state index contributed by atoms with van der Waals surface area (Å²) in [5.41, 5.74) is 4.99. The molecule has 0 saturated heterocycles. The fourth-order valence-corrected chi connectivity index (χ4v) is 3.17. The van der Waals surface area contributed by atoms with Crippen molar-refractivity contribution in [2.24, 2.45) is 11.1 Å². The van der Waals surface area contributed by atoms with Gasteiger partial charge in [0.05, 0.1) is 4.99 Å². The molecule has 0 bridgehead atoms. The topological polar surface area (TPSA) is 72.2 Å². The molecule has 4 nitrogen and oxygen atoms in total. The number of hydrogen-bond acceptors (Lipinski definition) is 4. The van der Waals surface area contributed by atoms with Crippen LogP contribution in [-0.4, -0.2) is 20.0 Å². The first-order chi connectivity index (χ1) is 7.26. The molecule has 1 aromatic rings. The first-order valence-electron chi connectivity index (χ1n) is 4.59. The van der Waals surface area contributed by atoms with Gasteiger partial charge in [0.1, 0.15) is 4.21 Å². The monoisotopic (exact) mass is 278 g/mol. The highest BCUT2D eigenvalue weighted by molar-refractivity contribution is 7.91. The summed E-state index contributed by atoms with van der Waals surface area (Å²) in [5, 5.41) is 1.72. The van der Waals surface area contributed by atoms with Gasteiger partial charge in [0.25, 0.3) is 0 Å². The van der Waals surface area contributed by atoms with Crippen molar-refractivity contribution in [2.75, 3.05) is 6.54 Å². The normalized spacial score (nSPS) is 12.6. The Labute approximate surface area is 105 Å². The molecule has 0 atom stereocenters. The summed E-state index contributed by atoms with van der Waals surface area (Å²) < 4.78 is 26.4. The van der Waals surface area contributed by atoms with Gasteiger partial charge in [-0.05, 0) is 11.4 Å². The Morgan fingerprint density at radius 1 is 1.62 bits per heavy atom. The fourth-order valence-electron chi connectivity index (χ4n) is 0.850. The van der Waals surface area contributed by atoms with Gasteiger partial charge in [0.2, 0.25) is 10.0 Å². The maximum atomic E-state index is 11.8. The number of nitrogens with one attached hydrogen (secondary N) is 1. The van der Waals surface area contributed by atoms with Crippen LogP contribution in [0.15, 0.2) is 21.7 Å². The van der Waals surface area contributed by atoms with Gasteiger partial charge in [0.15, 0.2) is 0 Å². The van der Waals surface area contributed by atoms with Crippen molar-refractivity contribution < 1.29 is 8.42 Å². The van der Waals surface area contributed by atoms with Gasteiger partial charge < -0.3 is 5.73 Å². The fraction of sp³-hybridized carbons (Fsp3) is 0.444. The smallest absolute Gasteiger partial charge is 0.250 e. The summed E-state index contributed by atoms with van der Waals surface area (Å²) in [4.78, 5) is 0.293. The van der Waals surface area contributed by atoms with Crippen LogP contribution in [0.2, 0.25) is 0 Å². The van der Waals surface area contributed by atoms with E-state index in [1.165, 1.54) is 11.3 Å². The van der Waals surface area contributed by atoms with Crippen molar-refractivity contribution in [1.29, 1.82) is 0 Å². The van der Waals surface area contributed by atoms with Crippen LogP contribution in [0.5, 0.6) is 0 Å². The van der Waals surface area contributed by atoms with Crippen LogP contribution in [0, 0.1) is 5.41 Å². The van der Waals surface area contributed by atoms with Gasteiger partial charge in [-0.25, -0.2) is 13.1 Å². The first-order valence-corrected chi connectivity index (χ1v) is 7.36. The summed E-state index contributed by atoms with van der Waals surface area (Å²) in [6.07, 6.45) is 0. The molecule has 0 aliphatic carbocycles. The van der Waals surface area contributed by atoms with Gasteiger partial charge in [0, 0.05) is 12.0 Å². The van der Waals surface area contributed by atoms with Crippen LogP contribution in [0.4, 0.5) is 0 Å². The lowest BCUT2D eigenvalue weighted by molar-refractivity contribution is 0.502. The van der Waals surface area contributed by atoms with Gasteiger partial charge in [-0.15, -0.1) is 11.3 Å². The zero-order valence-corrected chi connectivity index (χ0v) is 11.5. The second-order valence-corrected chi connectivity index (χ2v) is 7.39. The average molecular weight is 278 g/mol. The number of thiocarbonyl (C=S) groups is 1. The van der Waals surface area contributed by atoms with Gasteiger partial charge >= 0.3 is 0 Å². The van der Waals surface area contributed by atoms with Crippen LogP contribution in [0.25, 0.3) is 0 Å². The molecule has 0 aliphatic rings. The third-order valence-corrected chi connectivity index (χ3v) is 5.48. The predicted octanol–water partition coefficient (Wildman–Crippen LogP) is 1.34. The molecule has 7 heteroatoms. The Morgan fingerprint density at radius 2 is 2.25 bits per heavy atom.